The first-order chi connectivity index (χ1) is 17.7. The molecule has 0 fully saturated rings. The third kappa shape index (κ3) is 4.81. The zero-order valence-corrected chi connectivity index (χ0v) is 20.1. The molecule has 0 unspecified atom stereocenters. The fourth-order valence-electron chi connectivity index (χ4n) is 4.96. The van der Waals surface area contributed by atoms with Crippen LogP contribution in [0.2, 0.25) is 0 Å². The highest BCUT2D eigenvalue weighted by Gasteiger charge is 2.41. The molecule has 0 amide bonds. The van der Waals surface area contributed by atoms with Crippen molar-refractivity contribution in [3.8, 4) is 0 Å². The predicted octanol–water partition coefficient (Wildman–Crippen LogP) is 6.24. The minimum atomic E-state index is -0.985. The van der Waals surface area contributed by atoms with Crippen LogP contribution < -0.4 is 0 Å². The lowest BCUT2D eigenvalue weighted by molar-refractivity contribution is -0.133. The van der Waals surface area contributed by atoms with Gasteiger partial charge in [-0.2, -0.15) is 0 Å². The van der Waals surface area contributed by atoms with E-state index < -0.39 is 11.6 Å². The van der Waals surface area contributed by atoms with Crippen molar-refractivity contribution in [1.82, 2.24) is 4.90 Å². The van der Waals surface area contributed by atoms with Crippen molar-refractivity contribution in [2.24, 2.45) is 0 Å². The van der Waals surface area contributed by atoms with Crippen LogP contribution in [0, 0.1) is 0 Å². The van der Waals surface area contributed by atoms with Crippen LogP contribution in [0.15, 0.2) is 133 Å². The van der Waals surface area contributed by atoms with Gasteiger partial charge in [0.1, 0.15) is 5.76 Å². The lowest BCUT2D eigenvalue weighted by Crippen LogP contribution is -2.38. The van der Waals surface area contributed by atoms with Crippen LogP contribution in [0.3, 0.4) is 0 Å². The average Bonchev–Trinajstić information content (AvgIpc) is 2.94. The monoisotopic (exact) mass is 475 g/mol. The zero-order valence-electron chi connectivity index (χ0n) is 20.1. The zero-order chi connectivity index (χ0) is 24.8. The number of nitrogens with zero attached hydrogens (tertiary/aromatic N) is 1. The normalized spacial score (nSPS) is 14.4. The third-order valence-electron chi connectivity index (χ3n) is 6.70. The number of benzene rings is 4. The number of carboxylic acids is 1. The summed E-state index contributed by atoms with van der Waals surface area (Å²) >= 11 is 0. The van der Waals surface area contributed by atoms with Crippen molar-refractivity contribution in [2.45, 2.75) is 18.6 Å². The van der Waals surface area contributed by atoms with E-state index in [1.165, 1.54) is 5.56 Å². The Labute approximate surface area is 212 Å². The Hall–Kier alpha value is -4.15. The van der Waals surface area contributed by atoms with Crippen LogP contribution in [0.25, 0.3) is 0 Å². The van der Waals surface area contributed by atoms with Crippen molar-refractivity contribution in [2.75, 3.05) is 13.1 Å². The fourth-order valence-corrected chi connectivity index (χ4v) is 4.96. The summed E-state index contributed by atoms with van der Waals surface area (Å²) in [4.78, 5) is 14.7. The summed E-state index contributed by atoms with van der Waals surface area (Å²) < 4.78 is 6.98. The molecule has 180 valence electrons. The molecule has 0 atom stereocenters. The van der Waals surface area contributed by atoms with Gasteiger partial charge in [-0.25, -0.2) is 4.79 Å². The number of ether oxygens (including phenoxy) is 1. The summed E-state index contributed by atoms with van der Waals surface area (Å²) in [6.07, 6.45) is 0.517. The molecule has 4 aromatic rings. The summed E-state index contributed by atoms with van der Waals surface area (Å²) in [6.45, 7) is 1.75. The molecular formula is C32H29NO3. The largest absolute Gasteiger partial charge is 0.478 e. The molecular weight excluding hydrogens is 446 g/mol. The maximum atomic E-state index is 12.5. The molecule has 0 bridgehead atoms. The van der Waals surface area contributed by atoms with Crippen molar-refractivity contribution in [3.63, 3.8) is 0 Å². The molecule has 0 saturated carbocycles. The maximum Gasteiger partial charge on any atom is 0.336 e. The first kappa shape index (κ1) is 23.6. The number of rotatable bonds is 8. The first-order valence-corrected chi connectivity index (χ1v) is 12.2. The summed E-state index contributed by atoms with van der Waals surface area (Å²) in [5.74, 6) is -0.408. The van der Waals surface area contributed by atoms with Crippen LogP contribution in [0.5, 0.6) is 0 Å². The number of hydrogen-bond donors (Lipinski definition) is 1. The summed E-state index contributed by atoms with van der Waals surface area (Å²) in [5, 5.41) is 10.2. The van der Waals surface area contributed by atoms with E-state index in [0.717, 1.165) is 23.2 Å². The second-order valence-electron chi connectivity index (χ2n) is 9.03. The van der Waals surface area contributed by atoms with Gasteiger partial charge in [-0.1, -0.05) is 121 Å². The molecule has 4 aromatic carbocycles. The Balaban J connectivity index is 1.61. The summed E-state index contributed by atoms with van der Waals surface area (Å²) in [7, 11) is 0. The maximum absolute atomic E-state index is 12.5. The van der Waals surface area contributed by atoms with E-state index in [4.69, 9.17) is 4.74 Å². The van der Waals surface area contributed by atoms with Gasteiger partial charge in [0.05, 0.1) is 5.57 Å². The lowest BCUT2D eigenvalue weighted by atomic mass is 9.80. The van der Waals surface area contributed by atoms with Gasteiger partial charge in [-0.3, -0.25) is 4.90 Å². The van der Waals surface area contributed by atoms with Gasteiger partial charge in [0, 0.05) is 42.7 Å². The van der Waals surface area contributed by atoms with Crippen molar-refractivity contribution < 1.29 is 14.6 Å². The van der Waals surface area contributed by atoms with E-state index in [9.17, 15) is 9.90 Å². The molecule has 0 saturated heterocycles. The SMILES string of the molecule is O=C(O)C1=C(OC(c2ccccc2)(c2ccccc2)c2ccccc2)CCN(Cc2ccccc2)C1. The Morgan fingerprint density at radius 2 is 1.17 bits per heavy atom. The number of carboxylic acid groups (broad SMARTS) is 1. The van der Waals surface area contributed by atoms with E-state index >= 15 is 0 Å². The van der Waals surface area contributed by atoms with Gasteiger partial charge >= 0.3 is 5.97 Å². The third-order valence-corrected chi connectivity index (χ3v) is 6.70. The first-order valence-electron chi connectivity index (χ1n) is 12.2. The second-order valence-corrected chi connectivity index (χ2v) is 9.03. The standard InChI is InChI=1S/C32H29NO3/c34-31(35)29-24-33(23-25-13-5-1-6-14-25)22-21-30(29)36-32(26-15-7-2-8-16-26,27-17-9-3-10-18-27)28-19-11-4-12-20-28/h1-20H,21-24H2,(H,34,35). The molecule has 5 rings (SSSR count). The molecule has 1 aliphatic rings. The van der Waals surface area contributed by atoms with Crippen LogP contribution in [0.4, 0.5) is 0 Å². The Bertz CT molecular complexity index is 1220. The van der Waals surface area contributed by atoms with Gasteiger partial charge < -0.3 is 9.84 Å². The molecule has 0 radical (unpaired) electrons. The van der Waals surface area contributed by atoms with E-state index in [2.05, 4.69) is 17.0 Å². The van der Waals surface area contributed by atoms with Crippen molar-refractivity contribution >= 4 is 5.97 Å². The Morgan fingerprint density at radius 3 is 1.61 bits per heavy atom. The quantitative estimate of drug-likeness (QED) is 0.307. The molecule has 1 aliphatic heterocycles. The number of hydrogen-bond acceptors (Lipinski definition) is 3. The molecule has 1 heterocycles. The van der Waals surface area contributed by atoms with Crippen LogP contribution >= 0.6 is 0 Å². The molecule has 0 aromatic heterocycles. The highest BCUT2D eigenvalue weighted by Crippen LogP contribution is 2.43. The van der Waals surface area contributed by atoms with E-state index in [-0.39, 0.29) is 0 Å². The smallest absolute Gasteiger partial charge is 0.336 e. The average molecular weight is 476 g/mol. The van der Waals surface area contributed by atoms with Crippen LogP contribution in [-0.4, -0.2) is 29.1 Å². The van der Waals surface area contributed by atoms with Crippen molar-refractivity contribution in [3.05, 3.63) is 155 Å². The van der Waals surface area contributed by atoms with Crippen LogP contribution in [0.1, 0.15) is 28.7 Å². The van der Waals surface area contributed by atoms with Gasteiger partial charge in [0.2, 0.25) is 0 Å². The van der Waals surface area contributed by atoms with Gasteiger partial charge in [0.25, 0.3) is 0 Å². The highest BCUT2D eigenvalue weighted by atomic mass is 16.5. The summed E-state index contributed by atoms with van der Waals surface area (Å²) in [6, 6.07) is 40.3. The number of carbonyl (C=O) groups is 1. The molecule has 1 N–H and O–H groups in total. The van der Waals surface area contributed by atoms with Gasteiger partial charge in [0.15, 0.2) is 5.60 Å². The predicted molar refractivity (Wildman–Crippen MR) is 141 cm³/mol. The minimum absolute atomic E-state index is 0.310. The molecule has 4 nitrogen and oxygen atoms in total. The minimum Gasteiger partial charge on any atom is -0.478 e. The summed E-state index contributed by atoms with van der Waals surface area (Å²) in [5.41, 5.74) is 3.34. The van der Waals surface area contributed by atoms with E-state index in [1.807, 2.05) is 109 Å². The van der Waals surface area contributed by atoms with E-state index in [1.54, 1.807) is 0 Å². The molecule has 36 heavy (non-hydrogen) atoms. The second kappa shape index (κ2) is 10.6. The van der Waals surface area contributed by atoms with Crippen molar-refractivity contribution in [1.29, 1.82) is 0 Å². The van der Waals surface area contributed by atoms with Gasteiger partial charge in [-0.15, -0.1) is 0 Å². The molecule has 4 heteroatoms. The van der Waals surface area contributed by atoms with E-state index in [0.29, 0.717) is 30.8 Å². The fraction of sp³-hybridized carbons (Fsp3) is 0.156. The number of aliphatic carboxylic acids is 1. The van der Waals surface area contributed by atoms with Gasteiger partial charge in [-0.05, 0) is 5.56 Å². The Kier molecular flexibility index (Phi) is 6.96. The topological polar surface area (TPSA) is 49.8 Å². The molecule has 0 aliphatic carbocycles. The lowest BCUT2D eigenvalue weighted by Gasteiger charge is -2.39. The molecule has 0 spiro atoms. The Morgan fingerprint density at radius 1 is 0.722 bits per heavy atom. The van der Waals surface area contributed by atoms with Crippen LogP contribution in [-0.2, 0) is 21.7 Å². The highest BCUT2D eigenvalue weighted by molar-refractivity contribution is 5.88.